The number of phenolic OH excluding ortho intramolecular Hbond substituents is 4. The largest absolute Gasteiger partial charge is 0.506 e. The standard InChI is InChI=1S/C36H28N2O8/c37-26-16-13-23(19-30(26)41)43-22-11-9-21(10-12-22)25-15-18-34(44-24-14-17-27(38)31(42)20-24)36(46-33-8-4-2-6-29(33)40)35(25)45-32-7-3-1-5-28(32)39/h1-20,39-42H,37-38H2. The van der Waals surface area contributed by atoms with Crippen LogP contribution in [0.15, 0.2) is 121 Å². The van der Waals surface area contributed by atoms with E-state index >= 15 is 0 Å². The normalized spacial score (nSPS) is 10.7. The highest BCUT2D eigenvalue weighted by molar-refractivity contribution is 5.78. The Hall–Kier alpha value is -6.68. The first-order valence-corrected chi connectivity index (χ1v) is 14.0. The summed E-state index contributed by atoms with van der Waals surface area (Å²) < 4.78 is 24.6. The smallest absolute Gasteiger partial charge is 0.213 e. The number of aromatic hydroxyl groups is 4. The number of nitrogen functional groups attached to an aromatic ring is 2. The van der Waals surface area contributed by atoms with Gasteiger partial charge in [-0.3, -0.25) is 0 Å². The molecule has 0 amide bonds. The molecule has 0 saturated carbocycles. The molecule has 0 aromatic heterocycles. The summed E-state index contributed by atoms with van der Waals surface area (Å²) in [7, 11) is 0. The lowest BCUT2D eigenvalue weighted by molar-refractivity contribution is 0.360. The summed E-state index contributed by atoms with van der Waals surface area (Å²) in [5.74, 6) is 1.28. The molecule has 0 atom stereocenters. The second kappa shape index (κ2) is 12.5. The number of ether oxygens (including phenoxy) is 4. The topological polar surface area (TPSA) is 170 Å². The van der Waals surface area contributed by atoms with Crippen LogP contribution in [0.3, 0.4) is 0 Å². The van der Waals surface area contributed by atoms with E-state index in [2.05, 4.69) is 0 Å². The van der Waals surface area contributed by atoms with Gasteiger partial charge >= 0.3 is 0 Å². The fraction of sp³-hybridized carbons (Fsp3) is 0. The number of rotatable bonds is 9. The minimum atomic E-state index is -0.167. The number of para-hydroxylation sites is 4. The van der Waals surface area contributed by atoms with Gasteiger partial charge in [0.25, 0.3) is 0 Å². The van der Waals surface area contributed by atoms with Gasteiger partial charge in [-0.25, -0.2) is 0 Å². The highest BCUT2D eigenvalue weighted by atomic mass is 16.6. The van der Waals surface area contributed by atoms with Gasteiger partial charge in [0, 0.05) is 17.7 Å². The van der Waals surface area contributed by atoms with E-state index in [9.17, 15) is 20.4 Å². The molecule has 0 aliphatic rings. The van der Waals surface area contributed by atoms with Crippen LogP contribution in [0.2, 0.25) is 0 Å². The van der Waals surface area contributed by atoms with Crippen molar-refractivity contribution < 1.29 is 39.4 Å². The van der Waals surface area contributed by atoms with Gasteiger partial charge in [-0.2, -0.15) is 0 Å². The van der Waals surface area contributed by atoms with Crippen LogP contribution in [-0.4, -0.2) is 20.4 Å². The number of benzene rings is 6. The maximum absolute atomic E-state index is 10.6. The second-order valence-corrected chi connectivity index (χ2v) is 10.1. The van der Waals surface area contributed by atoms with Crippen molar-refractivity contribution >= 4 is 11.4 Å². The first kappa shape index (κ1) is 29.4. The SMILES string of the molecule is Nc1ccc(Oc2ccc(-c3ccc(Oc4ccc(N)c(O)c4)c(Oc4ccccc4O)c3Oc3ccccc3O)cc2)cc1O. The van der Waals surface area contributed by atoms with Crippen molar-refractivity contribution in [3.05, 3.63) is 121 Å². The number of hydrogen-bond acceptors (Lipinski definition) is 10. The van der Waals surface area contributed by atoms with Crippen molar-refractivity contribution in [3.8, 4) is 80.1 Å². The fourth-order valence-electron chi connectivity index (χ4n) is 4.50. The molecule has 0 bridgehead atoms. The van der Waals surface area contributed by atoms with Gasteiger partial charge in [0.2, 0.25) is 5.75 Å². The summed E-state index contributed by atoms with van der Waals surface area (Å²) >= 11 is 0. The molecule has 10 heteroatoms. The minimum Gasteiger partial charge on any atom is -0.506 e. The molecule has 0 heterocycles. The van der Waals surface area contributed by atoms with E-state index in [4.69, 9.17) is 30.4 Å². The Bertz CT molecular complexity index is 2030. The first-order chi connectivity index (χ1) is 22.2. The molecule has 0 spiro atoms. The molecular weight excluding hydrogens is 588 g/mol. The average Bonchev–Trinajstić information content (AvgIpc) is 3.05. The van der Waals surface area contributed by atoms with E-state index in [1.807, 2.05) is 0 Å². The number of phenols is 4. The van der Waals surface area contributed by atoms with Gasteiger partial charge in [0.05, 0.1) is 11.4 Å². The van der Waals surface area contributed by atoms with Crippen LogP contribution >= 0.6 is 0 Å². The third-order valence-corrected chi connectivity index (χ3v) is 6.86. The highest BCUT2D eigenvalue weighted by Gasteiger charge is 2.23. The van der Waals surface area contributed by atoms with Gasteiger partial charge in [0.15, 0.2) is 34.5 Å². The molecule has 0 radical (unpaired) electrons. The molecule has 46 heavy (non-hydrogen) atoms. The van der Waals surface area contributed by atoms with Crippen LogP contribution in [0.4, 0.5) is 11.4 Å². The van der Waals surface area contributed by atoms with Crippen molar-refractivity contribution in [2.45, 2.75) is 0 Å². The predicted octanol–water partition coefficient (Wildman–Crippen LogP) is 8.51. The van der Waals surface area contributed by atoms with E-state index in [0.717, 1.165) is 0 Å². The molecular formula is C36H28N2O8. The van der Waals surface area contributed by atoms with E-state index in [1.54, 1.807) is 91.0 Å². The Balaban J connectivity index is 1.47. The van der Waals surface area contributed by atoms with Gasteiger partial charge < -0.3 is 50.8 Å². The quantitative estimate of drug-likeness (QED) is 0.0683. The molecule has 6 rings (SSSR count). The molecule has 0 unspecified atom stereocenters. The summed E-state index contributed by atoms with van der Waals surface area (Å²) in [6.07, 6.45) is 0. The maximum atomic E-state index is 10.6. The molecule has 0 saturated heterocycles. The van der Waals surface area contributed by atoms with E-state index < -0.39 is 0 Å². The first-order valence-electron chi connectivity index (χ1n) is 14.0. The maximum Gasteiger partial charge on any atom is 0.213 e. The zero-order valence-electron chi connectivity index (χ0n) is 24.1. The monoisotopic (exact) mass is 616 g/mol. The van der Waals surface area contributed by atoms with Gasteiger partial charge in [-0.1, -0.05) is 36.4 Å². The number of nitrogens with two attached hydrogens (primary N) is 2. The van der Waals surface area contributed by atoms with Crippen LogP contribution in [0.25, 0.3) is 11.1 Å². The van der Waals surface area contributed by atoms with Crippen molar-refractivity contribution in [1.29, 1.82) is 0 Å². The zero-order chi connectivity index (χ0) is 32.2. The van der Waals surface area contributed by atoms with Crippen molar-refractivity contribution in [2.24, 2.45) is 0 Å². The predicted molar refractivity (Wildman–Crippen MR) is 173 cm³/mol. The molecule has 230 valence electrons. The molecule has 6 aromatic carbocycles. The summed E-state index contributed by atoms with van der Waals surface area (Å²) in [4.78, 5) is 0. The van der Waals surface area contributed by atoms with Gasteiger partial charge in [0.1, 0.15) is 28.7 Å². The number of hydrogen-bond donors (Lipinski definition) is 6. The molecule has 10 nitrogen and oxygen atoms in total. The molecule has 6 aromatic rings. The molecule has 0 fully saturated rings. The Morgan fingerprint density at radius 3 is 1.43 bits per heavy atom. The van der Waals surface area contributed by atoms with Crippen LogP contribution in [0.1, 0.15) is 0 Å². The fourth-order valence-corrected chi connectivity index (χ4v) is 4.50. The van der Waals surface area contributed by atoms with Crippen molar-refractivity contribution in [3.63, 3.8) is 0 Å². The molecule has 8 N–H and O–H groups in total. The second-order valence-electron chi connectivity index (χ2n) is 10.1. The van der Waals surface area contributed by atoms with E-state index in [-0.39, 0.29) is 68.9 Å². The van der Waals surface area contributed by atoms with Crippen molar-refractivity contribution in [2.75, 3.05) is 11.5 Å². The summed E-state index contributed by atoms with van der Waals surface area (Å²) in [5.41, 5.74) is 13.1. The summed E-state index contributed by atoms with van der Waals surface area (Å²) in [6.45, 7) is 0. The molecule has 0 aliphatic heterocycles. The third kappa shape index (κ3) is 6.31. The Labute approximate surface area is 263 Å². The average molecular weight is 617 g/mol. The Kier molecular flexibility index (Phi) is 7.99. The highest BCUT2D eigenvalue weighted by Crippen LogP contribution is 2.51. The van der Waals surface area contributed by atoms with E-state index in [1.165, 1.54) is 30.3 Å². The summed E-state index contributed by atoms with van der Waals surface area (Å²) in [6, 6.07) is 32.3. The zero-order valence-corrected chi connectivity index (χ0v) is 24.1. The number of anilines is 2. The Morgan fingerprint density at radius 1 is 0.391 bits per heavy atom. The Morgan fingerprint density at radius 2 is 0.891 bits per heavy atom. The summed E-state index contributed by atoms with van der Waals surface area (Å²) in [5, 5.41) is 41.3. The van der Waals surface area contributed by atoms with Crippen LogP contribution < -0.4 is 30.4 Å². The van der Waals surface area contributed by atoms with Gasteiger partial charge in [-0.05, 0) is 78.4 Å². The lowest BCUT2D eigenvalue weighted by atomic mass is 10.0. The van der Waals surface area contributed by atoms with Gasteiger partial charge in [-0.15, -0.1) is 0 Å². The van der Waals surface area contributed by atoms with Crippen LogP contribution in [0, 0.1) is 0 Å². The van der Waals surface area contributed by atoms with Crippen LogP contribution in [0.5, 0.6) is 69.0 Å². The lowest BCUT2D eigenvalue weighted by Gasteiger charge is -2.20. The lowest BCUT2D eigenvalue weighted by Crippen LogP contribution is -1.98. The minimum absolute atomic E-state index is 0.0660. The van der Waals surface area contributed by atoms with E-state index in [0.29, 0.717) is 22.6 Å². The third-order valence-electron chi connectivity index (χ3n) is 6.86. The molecule has 0 aliphatic carbocycles. The van der Waals surface area contributed by atoms with Crippen LogP contribution in [-0.2, 0) is 0 Å². The van der Waals surface area contributed by atoms with Crippen molar-refractivity contribution in [1.82, 2.24) is 0 Å².